The van der Waals surface area contributed by atoms with Crippen molar-refractivity contribution in [1.82, 2.24) is 10.0 Å². The van der Waals surface area contributed by atoms with Gasteiger partial charge in [0.15, 0.2) is 0 Å². The van der Waals surface area contributed by atoms with Crippen LogP contribution in [0, 0.1) is 0 Å². The largest absolute Gasteiger partial charge is 0.313 e. The lowest BCUT2D eigenvalue weighted by Gasteiger charge is -2.11. The Bertz CT molecular complexity index is 498. The molecule has 1 saturated heterocycles. The predicted octanol–water partition coefficient (Wildman–Crippen LogP) is 2.51. The van der Waals surface area contributed by atoms with Gasteiger partial charge < -0.3 is 5.32 Å². The summed E-state index contributed by atoms with van der Waals surface area (Å²) >= 11 is 12.6. The van der Waals surface area contributed by atoms with E-state index in [-0.39, 0.29) is 27.7 Å². The summed E-state index contributed by atoms with van der Waals surface area (Å²) in [6.45, 7) is 1.32. The highest BCUT2D eigenvalue weighted by Gasteiger charge is 2.23. The summed E-state index contributed by atoms with van der Waals surface area (Å²) in [6, 6.07) is 1.58. The van der Waals surface area contributed by atoms with Crippen LogP contribution in [0.2, 0.25) is 8.67 Å². The van der Waals surface area contributed by atoms with Crippen LogP contribution in [0.1, 0.15) is 12.8 Å². The smallest absolute Gasteiger partial charge is 0.243 e. The summed E-state index contributed by atoms with van der Waals surface area (Å²) in [5.41, 5.74) is 0. The van der Waals surface area contributed by atoms with Crippen LogP contribution in [-0.2, 0) is 10.0 Å². The summed E-state index contributed by atoms with van der Waals surface area (Å²) in [7, 11) is -3.55. The molecule has 1 atom stereocenters. The van der Waals surface area contributed by atoms with E-state index in [0.29, 0.717) is 10.9 Å². The quantitative estimate of drug-likeness (QED) is 0.876. The van der Waals surface area contributed by atoms with Crippen LogP contribution >= 0.6 is 46.9 Å². The number of thiophene rings is 1. The van der Waals surface area contributed by atoms with Crippen molar-refractivity contribution in [3.8, 4) is 0 Å². The van der Waals surface area contributed by atoms with Crippen molar-refractivity contribution in [2.24, 2.45) is 0 Å². The fourth-order valence-electron chi connectivity index (χ4n) is 1.73. The highest BCUT2D eigenvalue weighted by molar-refractivity contribution is 7.89. The van der Waals surface area contributed by atoms with Gasteiger partial charge in [0.2, 0.25) is 10.0 Å². The number of nitrogens with one attached hydrogen (secondary N) is 2. The van der Waals surface area contributed by atoms with Crippen LogP contribution in [-0.4, -0.2) is 27.5 Å². The third kappa shape index (κ3) is 3.96. The number of rotatable bonds is 4. The van der Waals surface area contributed by atoms with Gasteiger partial charge in [-0.2, -0.15) is 0 Å². The zero-order chi connectivity index (χ0) is 12.5. The molecule has 4 nitrogen and oxygen atoms in total. The number of sulfonamides is 1. The number of hydrogen-bond donors (Lipinski definition) is 2. The van der Waals surface area contributed by atoms with E-state index in [0.717, 1.165) is 30.7 Å². The van der Waals surface area contributed by atoms with E-state index in [2.05, 4.69) is 10.0 Å². The Hall–Kier alpha value is 0.440. The van der Waals surface area contributed by atoms with E-state index in [1.165, 1.54) is 6.07 Å². The minimum atomic E-state index is -3.55. The lowest BCUT2D eigenvalue weighted by atomic mass is 10.2. The van der Waals surface area contributed by atoms with E-state index < -0.39 is 10.0 Å². The van der Waals surface area contributed by atoms with Crippen LogP contribution in [0.5, 0.6) is 0 Å². The number of hydrogen-bond acceptors (Lipinski definition) is 4. The molecule has 1 aliphatic heterocycles. The number of halogens is 3. The highest BCUT2D eigenvalue weighted by atomic mass is 35.5. The van der Waals surface area contributed by atoms with Gasteiger partial charge in [0.1, 0.15) is 9.23 Å². The van der Waals surface area contributed by atoms with Gasteiger partial charge in [-0.25, -0.2) is 13.1 Å². The van der Waals surface area contributed by atoms with Crippen molar-refractivity contribution >= 4 is 57.0 Å². The van der Waals surface area contributed by atoms with Gasteiger partial charge in [-0.1, -0.05) is 23.2 Å². The van der Waals surface area contributed by atoms with Crippen LogP contribution in [0.4, 0.5) is 0 Å². The van der Waals surface area contributed by atoms with Gasteiger partial charge in [-0.05, 0) is 25.5 Å². The van der Waals surface area contributed by atoms with Crippen molar-refractivity contribution < 1.29 is 8.42 Å². The molecule has 0 aliphatic carbocycles. The van der Waals surface area contributed by atoms with Crippen molar-refractivity contribution in [3.63, 3.8) is 0 Å². The van der Waals surface area contributed by atoms with Crippen LogP contribution in [0.25, 0.3) is 0 Å². The second kappa shape index (κ2) is 6.74. The summed E-state index contributed by atoms with van der Waals surface area (Å²) in [4.78, 5) is 0.0622. The molecule has 2 heterocycles. The molecule has 2 N–H and O–H groups in total. The highest BCUT2D eigenvalue weighted by Crippen LogP contribution is 2.34. The van der Waals surface area contributed by atoms with Gasteiger partial charge >= 0.3 is 0 Å². The normalized spacial score (nSPS) is 19.8. The lowest BCUT2D eigenvalue weighted by molar-refractivity contribution is 0.552. The Balaban J connectivity index is 0.00000162. The van der Waals surface area contributed by atoms with E-state index in [4.69, 9.17) is 23.2 Å². The topological polar surface area (TPSA) is 58.2 Å². The Morgan fingerprint density at radius 1 is 1.50 bits per heavy atom. The first-order valence-electron chi connectivity index (χ1n) is 5.17. The summed E-state index contributed by atoms with van der Waals surface area (Å²) in [6.07, 6.45) is 2.07. The zero-order valence-corrected chi connectivity index (χ0v) is 13.2. The first kappa shape index (κ1) is 16.5. The molecular weight excluding hydrogens is 339 g/mol. The fourth-order valence-corrected chi connectivity index (χ4v) is 4.96. The molecule has 2 rings (SSSR count). The van der Waals surface area contributed by atoms with Crippen molar-refractivity contribution in [2.75, 3.05) is 13.1 Å². The second-order valence-corrected chi connectivity index (χ2v) is 7.85. The Kier molecular flexibility index (Phi) is 6.18. The molecule has 1 aromatic heterocycles. The van der Waals surface area contributed by atoms with Crippen LogP contribution in [0.3, 0.4) is 0 Å². The molecule has 1 aromatic rings. The summed E-state index contributed by atoms with van der Waals surface area (Å²) in [5.74, 6) is 0. The molecule has 18 heavy (non-hydrogen) atoms. The molecule has 0 saturated carbocycles. The summed E-state index contributed by atoms with van der Waals surface area (Å²) in [5, 5.41) is 3.22. The van der Waals surface area contributed by atoms with Crippen molar-refractivity contribution in [2.45, 2.75) is 23.8 Å². The molecule has 1 aliphatic rings. The van der Waals surface area contributed by atoms with E-state index in [1.54, 1.807) is 0 Å². The molecule has 0 radical (unpaired) electrons. The zero-order valence-electron chi connectivity index (χ0n) is 9.28. The average Bonchev–Trinajstić information content (AvgIpc) is 2.85. The summed E-state index contributed by atoms with van der Waals surface area (Å²) < 4.78 is 27.0. The van der Waals surface area contributed by atoms with Crippen LogP contribution in [0.15, 0.2) is 11.0 Å². The van der Waals surface area contributed by atoms with Crippen molar-refractivity contribution in [1.29, 1.82) is 0 Å². The minimum absolute atomic E-state index is 0. The Morgan fingerprint density at radius 3 is 2.72 bits per heavy atom. The molecule has 0 aromatic carbocycles. The van der Waals surface area contributed by atoms with Crippen LogP contribution < -0.4 is 10.0 Å². The first-order chi connectivity index (χ1) is 7.99. The molecule has 104 valence electrons. The fraction of sp³-hybridized carbons (Fsp3) is 0.556. The molecule has 1 unspecified atom stereocenters. The Morgan fingerprint density at radius 2 is 2.22 bits per heavy atom. The first-order valence-corrected chi connectivity index (χ1v) is 8.22. The minimum Gasteiger partial charge on any atom is -0.313 e. The monoisotopic (exact) mass is 350 g/mol. The maximum atomic E-state index is 11.9. The standard InChI is InChI=1S/C9H12Cl2N2O2S2.ClH/c10-8-4-7(9(11)16-8)17(14,15)13-5-6-2-1-3-12-6;/h4,6,12-13H,1-3,5H2;1H. The molecule has 0 spiro atoms. The molecular formula is C9H13Cl3N2O2S2. The lowest BCUT2D eigenvalue weighted by Crippen LogP contribution is -2.37. The second-order valence-electron chi connectivity index (χ2n) is 3.83. The van der Waals surface area contributed by atoms with E-state index in [9.17, 15) is 8.42 Å². The third-order valence-electron chi connectivity index (χ3n) is 2.60. The third-order valence-corrected chi connectivity index (χ3v) is 5.77. The van der Waals surface area contributed by atoms with Gasteiger partial charge in [0.25, 0.3) is 0 Å². The van der Waals surface area contributed by atoms with Crippen molar-refractivity contribution in [3.05, 3.63) is 14.7 Å². The van der Waals surface area contributed by atoms with Gasteiger partial charge in [0.05, 0.1) is 4.34 Å². The van der Waals surface area contributed by atoms with Gasteiger partial charge in [-0.3, -0.25) is 0 Å². The molecule has 1 fully saturated rings. The van der Waals surface area contributed by atoms with E-state index in [1.807, 2.05) is 0 Å². The SMILES string of the molecule is Cl.O=S(=O)(NCC1CCCN1)c1cc(Cl)sc1Cl. The maximum Gasteiger partial charge on any atom is 0.243 e. The Labute approximate surface area is 127 Å². The maximum absolute atomic E-state index is 11.9. The average molecular weight is 352 g/mol. The van der Waals surface area contributed by atoms with Gasteiger partial charge in [-0.15, -0.1) is 23.7 Å². The molecule has 0 bridgehead atoms. The predicted molar refractivity (Wildman–Crippen MR) is 77.8 cm³/mol. The molecule has 0 amide bonds. The van der Waals surface area contributed by atoms with E-state index >= 15 is 0 Å². The molecule has 9 heteroatoms. The van der Waals surface area contributed by atoms with Gasteiger partial charge in [0, 0.05) is 12.6 Å².